The predicted octanol–water partition coefficient (Wildman–Crippen LogP) is 7.16. The van der Waals surface area contributed by atoms with Gasteiger partial charge in [0.15, 0.2) is 16.7 Å². The Bertz CT molecular complexity index is 1550. The van der Waals surface area contributed by atoms with Gasteiger partial charge in [-0.3, -0.25) is 9.36 Å². The molecule has 1 amide bonds. The topological polar surface area (TPSA) is 78.3 Å². The Balaban J connectivity index is 1.36. The second-order valence-corrected chi connectivity index (χ2v) is 9.63. The Labute approximate surface area is 231 Å². The van der Waals surface area contributed by atoms with Crippen molar-refractivity contribution in [2.24, 2.45) is 0 Å². The van der Waals surface area contributed by atoms with Crippen LogP contribution in [-0.2, 0) is 4.79 Å². The van der Waals surface area contributed by atoms with Crippen LogP contribution in [0.1, 0.15) is 12.5 Å². The van der Waals surface area contributed by atoms with Crippen LogP contribution in [0.2, 0.25) is 0 Å². The summed E-state index contributed by atoms with van der Waals surface area (Å²) in [7, 11) is 0. The van der Waals surface area contributed by atoms with Crippen molar-refractivity contribution in [1.29, 1.82) is 0 Å². The molecule has 196 valence electrons. The zero-order chi connectivity index (χ0) is 27.0. The fourth-order valence-corrected chi connectivity index (χ4v) is 4.77. The van der Waals surface area contributed by atoms with Gasteiger partial charge in [0.25, 0.3) is 0 Å². The van der Waals surface area contributed by atoms with Crippen LogP contribution in [0.15, 0.2) is 108 Å². The maximum atomic E-state index is 13.0. The third kappa shape index (κ3) is 6.48. The Morgan fingerprint density at radius 1 is 0.872 bits per heavy atom. The molecule has 8 heteroatoms. The van der Waals surface area contributed by atoms with E-state index in [2.05, 4.69) is 21.6 Å². The lowest BCUT2D eigenvalue weighted by atomic mass is 10.1. The van der Waals surface area contributed by atoms with Gasteiger partial charge in [0.2, 0.25) is 5.91 Å². The lowest BCUT2D eigenvalue weighted by Crippen LogP contribution is -2.15. The number of nitrogens with one attached hydrogen (secondary N) is 1. The van der Waals surface area contributed by atoms with Gasteiger partial charge in [-0.15, -0.1) is 10.2 Å². The van der Waals surface area contributed by atoms with Crippen LogP contribution in [0.4, 0.5) is 5.69 Å². The van der Waals surface area contributed by atoms with E-state index in [-0.39, 0.29) is 11.7 Å². The number of hydrogen-bond acceptors (Lipinski definition) is 6. The van der Waals surface area contributed by atoms with Crippen LogP contribution < -0.4 is 14.8 Å². The molecule has 1 N–H and O–H groups in total. The highest BCUT2D eigenvalue weighted by atomic mass is 32.2. The normalized spacial score (nSPS) is 10.7. The predicted molar refractivity (Wildman–Crippen MR) is 155 cm³/mol. The van der Waals surface area contributed by atoms with Gasteiger partial charge in [-0.2, -0.15) is 0 Å². The summed E-state index contributed by atoms with van der Waals surface area (Å²) in [6.45, 7) is 4.59. The fraction of sp³-hybridized carbons (Fsp3) is 0.129. The van der Waals surface area contributed by atoms with Crippen molar-refractivity contribution in [3.05, 3.63) is 109 Å². The van der Waals surface area contributed by atoms with E-state index in [1.165, 1.54) is 11.8 Å². The summed E-state index contributed by atoms with van der Waals surface area (Å²) in [5.74, 6) is 2.72. The van der Waals surface area contributed by atoms with Crippen molar-refractivity contribution in [3.63, 3.8) is 0 Å². The maximum absolute atomic E-state index is 13.0. The number of ether oxygens (including phenoxy) is 2. The van der Waals surface area contributed by atoms with Gasteiger partial charge in [0.05, 0.1) is 18.0 Å². The summed E-state index contributed by atoms with van der Waals surface area (Å²) in [5, 5.41) is 12.5. The molecule has 0 aliphatic heterocycles. The second kappa shape index (κ2) is 12.3. The van der Waals surface area contributed by atoms with Crippen LogP contribution >= 0.6 is 11.8 Å². The maximum Gasteiger partial charge on any atom is 0.234 e. The van der Waals surface area contributed by atoms with Gasteiger partial charge < -0.3 is 14.8 Å². The summed E-state index contributed by atoms with van der Waals surface area (Å²) < 4.78 is 13.6. The van der Waals surface area contributed by atoms with Crippen molar-refractivity contribution < 1.29 is 14.3 Å². The first-order valence-electron chi connectivity index (χ1n) is 12.6. The van der Waals surface area contributed by atoms with Gasteiger partial charge in [-0.1, -0.05) is 65.9 Å². The summed E-state index contributed by atoms with van der Waals surface area (Å²) in [4.78, 5) is 13.0. The van der Waals surface area contributed by atoms with E-state index in [1.54, 1.807) is 0 Å². The Morgan fingerprint density at radius 2 is 1.64 bits per heavy atom. The summed E-state index contributed by atoms with van der Waals surface area (Å²) >= 11 is 1.32. The van der Waals surface area contributed by atoms with Gasteiger partial charge in [0.1, 0.15) is 11.5 Å². The first-order valence-corrected chi connectivity index (χ1v) is 13.6. The molecule has 5 rings (SSSR count). The number of thioether (sulfide) groups is 1. The summed E-state index contributed by atoms with van der Waals surface area (Å²) in [6, 6.07) is 32.7. The molecule has 0 atom stereocenters. The smallest absolute Gasteiger partial charge is 0.234 e. The highest BCUT2D eigenvalue weighted by Gasteiger charge is 2.18. The summed E-state index contributed by atoms with van der Waals surface area (Å²) in [5.41, 5.74) is 3.54. The number of anilines is 1. The monoisotopic (exact) mass is 536 g/mol. The number of carbonyl (C=O) groups is 1. The minimum atomic E-state index is -0.178. The lowest BCUT2D eigenvalue weighted by molar-refractivity contribution is -0.113. The number of para-hydroxylation sites is 3. The quantitative estimate of drug-likeness (QED) is 0.191. The van der Waals surface area contributed by atoms with E-state index >= 15 is 0 Å². The van der Waals surface area contributed by atoms with Gasteiger partial charge in [-0.25, -0.2) is 0 Å². The molecular weight excluding hydrogens is 508 g/mol. The Morgan fingerprint density at radius 3 is 2.41 bits per heavy atom. The van der Waals surface area contributed by atoms with Crippen LogP contribution in [0.25, 0.3) is 17.1 Å². The highest BCUT2D eigenvalue weighted by Crippen LogP contribution is 2.31. The van der Waals surface area contributed by atoms with Gasteiger partial charge >= 0.3 is 0 Å². The van der Waals surface area contributed by atoms with Crippen molar-refractivity contribution in [3.8, 4) is 34.3 Å². The molecule has 0 aliphatic rings. The number of rotatable bonds is 10. The molecule has 39 heavy (non-hydrogen) atoms. The van der Waals surface area contributed by atoms with E-state index in [4.69, 9.17) is 9.47 Å². The van der Waals surface area contributed by atoms with E-state index in [0.717, 1.165) is 22.6 Å². The van der Waals surface area contributed by atoms with E-state index in [1.807, 2.05) is 115 Å². The van der Waals surface area contributed by atoms with Crippen molar-refractivity contribution in [2.45, 2.75) is 19.0 Å². The first kappa shape index (κ1) is 26.1. The van der Waals surface area contributed by atoms with Gasteiger partial charge in [0, 0.05) is 11.3 Å². The number of benzene rings is 4. The van der Waals surface area contributed by atoms with Crippen molar-refractivity contribution >= 4 is 23.4 Å². The molecular formula is C31H28N4O3S. The van der Waals surface area contributed by atoms with Crippen molar-refractivity contribution in [1.82, 2.24) is 14.8 Å². The van der Waals surface area contributed by atoms with Crippen LogP contribution in [-0.4, -0.2) is 33.0 Å². The van der Waals surface area contributed by atoms with E-state index in [9.17, 15) is 4.79 Å². The van der Waals surface area contributed by atoms with E-state index in [0.29, 0.717) is 34.8 Å². The number of aryl methyl sites for hydroxylation is 1. The minimum Gasteiger partial charge on any atom is -0.494 e. The number of amides is 1. The molecule has 4 aromatic carbocycles. The average Bonchev–Trinajstić information content (AvgIpc) is 3.38. The molecule has 1 aromatic heterocycles. The van der Waals surface area contributed by atoms with Crippen LogP contribution in [0, 0.1) is 6.92 Å². The molecule has 0 radical (unpaired) electrons. The van der Waals surface area contributed by atoms with Crippen LogP contribution in [0.3, 0.4) is 0 Å². The number of aromatic nitrogens is 3. The van der Waals surface area contributed by atoms with Crippen molar-refractivity contribution in [2.75, 3.05) is 17.7 Å². The first-order chi connectivity index (χ1) is 19.1. The average molecular weight is 537 g/mol. The lowest BCUT2D eigenvalue weighted by Gasteiger charge is -2.13. The molecule has 5 aromatic rings. The number of nitrogens with zero attached hydrogens (tertiary/aromatic N) is 3. The number of carbonyl (C=O) groups excluding carboxylic acids is 1. The number of hydrogen-bond donors (Lipinski definition) is 1. The molecule has 0 fully saturated rings. The highest BCUT2D eigenvalue weighted by molar-refractivity contribution is 7.99. The molecule has 0 saturated heterocycles. The molecule has 0 bridgehead atoms. The molecule has 0 unspecified atom stereocenters. The molecule has 0 aliphatic carbocycles. The van der Waals surface area contributed by atoms with Gasteiger partial charge in [-0.05, 0) is 68.4 Å². The minimum absolute atomic E-state index is 0.142. The largest absolute Gasteiger partial charge is 0.494 e. The molecule has 0 saturated carbocycles. The summed E-state index contributed by atoms with van der Waals surface area (Å²) in [6.07, 6.45) is 0. The molecule has 1 heterocycles. The fourth-order valence-electron chi connectivity index (χ4n) is 4.02. The zero-order valence-corrected chi connectivity index (χ0v) is 22.5. The van der Waals surface area contributed by atoms with E-state index < -0.39 is 0 Å². The Kier molecular flexibility index (Phi) is 8.23. The molecule has 0 spiro atoms. The second-order valence-electron chi connectivity index (χ2n) is 8.69. The zero-order valence-electron chi connectivity index (χ0n) is 21.7. The molecule has 7 nitrogen and oxygen atoms in total. The standard InChI is InChI=1S/C31H28N4O3S/c1-3-37-25-18-16-24(17-19-25)35-30(23-11-9-10-22(2)20-23)33-34-31(35)39-21-29(36)32-27-14-7-8-15-28(27)38-26-12-5-4-6-13-26/h4-20H,3,21H2,1-2H3,(H,32,36). The third-order valence-corrected chi connectivity index (χ3v) is 6.71. The third-order valence-electron chi connectivity index (χ3n) is 5.78. The van der Waals surface area contributed by atoms with Crippen LogP contribution in [0.5, 0.6) is 17.2 Å². The SMILES string of the molecule is CCOc1ccc(-n2c(SCC(=O)Nc3ccccc3Oc3ccccc3)nnc2-c2cccc(C)c2)cc1. The Hall–Kier alpha value is -4.56.